The van der Waals surface area contributed by atoms with Crippen molar-refractivity contribution in [2.24, 2.45) is 5.41 Å². The molecule has 2 aliphatic rings. The maximum Gasteiger partial charge on any atom is 0.303 e. The molecule has 0 aromatic heterocycles. The fraction of sp³-hybridized carbons (Fsp3) is 0.474. The summed E-state index contributed by atoms with van der Waals surface area (Å²) in [4.78, 5) is 23.6. The predicted octanol–water partition coefficient (Wildman–Crippen LogP) is 3.19. The fourth-order valence-corrected chi connectivity index (χ4v) is 3.70. The number of carbonyl (C=O) groups excluding carboxylic acids is 1. The molecule has 1 fully saturated rings. The van der Waals surface area contributed by atoms with E-state index in [0.717, 1.165) is 32.1 Å². The van der Waals surface area contributed by atoms with Crippen molar-refractivity contribution in [1.29, 1.82) is 0 Å². The average molecular weight is 347 g/mol. The number of nitrogens with one attached hydrogen (secondary N) is 1. The maximum absolute atomic E-state index is 13.2. The number of hydrogen-bond donors (Lipinski definition) is 2. The summed E-state index contributed by atoms with van der Waals surface area (Å²) >= 11 is 0. The van der Waals surface area contributed by atoms with Gasteiger partial charge in [-0.25, -0.2) is 4.39 Å². The first-order chi connectivity index (χ1) is 12.0. The van der Waals surface area contributed by atoms with E-state index < -0.39 is 5.97 Å². The fourth-order valence-electron chi connectivity index (χ4n) is 3.70. The van der Waals surface area contributed by atoms with Crippen LogP contribution in [0.3, 0.4) is 0 Å². The number of halogens is 1. The highest BCUT2D eigenvalue weighted by atomic mass is 19.1. The van der Waals surface area contributed by atoms with Crippen LogP contribution in [0.5, 0.6) is 5.75 Å². The number of carbonyl (C=O) groups is 2. The molecule has 1 saturated carbocycles. The molecule has 0 radical (unpaired) electrons. The molecule has 0 unspecified atom stereocenters. The van der Waals surface area contributed by atoms with E-state index in [2.05, 4.69) is 5.32 Å². The number of carboxylic acid groups (broad SMARTS) is 1. The summed E-state index contributed by atoms with van der Waals surface area (Å²) in [6, 6.07) is 4.20. The number of amides is 1. The van der Waals surface area contributed by atoms with Gasteiger partial charge in [-0.05, 0) is 49.0 Å². The van der Waals surface area contributed by atoms with Crippen LogP contribution in [0.1, 0.15) is 44.1 Å². The zero-order valence-corrected chi connectivity index (χ0v) is 14.0. The molecule has 0 bridgehead atoms. The maximum atomic E-state index is 13.2. The van der Waals surface area contributed by atoms with E-state index in [-0.39, 0.29) is 29.3 Å². The van der Waals surface area contributed by atoms with Gasteiger partial charge in [0.2, 0.25) is 0 Å². The minimum Gasteiger partial charge on any atom is -0.481 e. The van der Waals surface area contributed by atoms with Crippen molar-refractivity contribution < 1.29 is 23.8 Å². The van der Waals surface area contributed by atoms with Crippen molar-refractivity contribution in [3.63, 3.8) is 0 Å². The molecule has 134 valence electrons. The molecular weight excluding hydrogens is 325 g/mol. The van der Waals surface area contributed by atoms with Crippen molar-refractivity contribution in [3.8, 4) is 5.75 Å². The van der Waals surface area contributed by atoms with Crippen molar-refractivity contribution in [1.82, 2.24) is 5.32 Å². The minimum absolute atomic E-state index is 0.0648. The van der Waals surface area contributed by atoms with Gasteiger partial charge >= 0.3 is 5.97 Å². The molecule has 5 nitrogen and oxygen atoms in total. The van der Waals surface area contributed by atoms with Gasteiger partial charge in [0.25, 0.3) is 5.91 Å². The standard InChI is InChI=1S/C19H22FNO4/c20-14-5-7-15-13(10-14)4-6-16(25-15)18(24)21-12-19(11-17(22)23)8-2-1-3-9-19/h5-7,10H,1-4,8-9,11-12H2,(H,21,24)(H,22,23). The Hall–Kier alpha value is -2.37. The Morgan fingerprint density at radius 1 is 1.24 bits per heavy atom. The number of carboxylic acids is 1. The molecular formula is C19H22FNO4. The van der Waals surface area contributed by atoms with Crippen LogP contribution in [0.4, 0.5) is 4.39 Å². The van der Waals surface area contributed by atoms with Crippen molar-refractivity contribution in [2.45, 2.75) is 44.9 Å². The van der Waals surface area contributed by atoms with Crippen molar-refractivity contribution in [2.75, 3.05) is 6.54 Å². The molecule has 1 aliphatic heterocycles. The summed E-state index contributed by atoms with van der Waals surface area (Å²) in [6.07, 6.45) is 6.82. The number of benzene rings is 1. The number of allylic oxidation sites excluding steroid dienone is 1. The van der Waals surface area contributed by atoms with Crippen LogP contribution in [0.2, 0.25) is 0 Å². The Bertz CT molecular complexity index is 707. The summed E-state index contributed by atoms with van der Waals surface area (Å²) in [5, 5.41) is 12.0. The lowest BCUT2D eigenvalue weighted by atomic mass is 9.71. The van der Waals surface area contributed by atoms with E-state index in [1.54, 1.807) is 6.08 Å². The summed E-state index contributed by atoms with van der Waals surface area (Å²) in [5.74, 6) is -0.866. The Morgan fingerprint density at radius 3 is 2.72 bits per heavy atom. The normalized spacial score (nSPS) is 18.5. The Balaban J connectivity index is 1.63. The molecule has 3 rings (SSSR count). The lowest BCUT2D eigenvalue weighted by Crippen LogP contribution is -2.41. The van der Waals surface area contributed by atoms with E-state index in [1.165, 1.54) is 18.2 Å². The molecule has 1 aromatic carbocycles. The monoisotopic (exact) mass is 347 g/mol. The molecule has 0 saturated heterocycles. The molecule has 2 N–H and O–H groups in total. The van der Waals surface area contributed by atoms with E-state index in [9.17, 15) is 19.1 Å². The second-order valence-corrected chi connectivity index (χ2v) is 6.94. The third-order valence-electron chi connectivity index (χ3n) is 5.04. The highest BCUT2D eigenvalue weighted by molar-refractivity contribution is 5.92. The van der Waals surface area contributed by atoms with Crippen molar-refractivity contribution >= 4 is 11.9 Å². The molecule has 1 aliphatic carbocycles. The van der Waals surface area contributed by atoms with Crippen molar-refractivity contribution in [3.05, 3.63) is 41.4 Å². The second kappa shape index (κ2) is 7.25. The first kappa shape index (κ1) is 17.5. The Kier molecular flexibility index (Phi) is 5.06. The molecule has 1 heterocycles. The first-order valence-electron chi connectivity index (χ1n) is 8.64. The summed E-state index contributed by atoms with van der Waals surface area (Å²) < 4.78 is 18.8. The van der Waals surface area contributed by atoms with Gasteiger partial charge in [0.1, 0.15) is 11.6 Å². The van der Waals surface area contributed by atoms with E-state index in [4.69, 9.17) is 4.74 Å². The van der Waals surface area contributed by atoms with Gasteiger partial charge in [-0.15, -0.1) is 0 Å². The third-order valence-corrected chi connectivity index (χ3v) is 5.04. The molecule has 1 amide bonds. The van der Waals surface area contributed by atoms with E-state index in [1.807, 2.05) is 0 Å². The SMILES string of the molecule is O=C(O)CC1(CNC(=O)C2=CCc3cc(F)ccc3O2)CCCCC1. The number of ether oxygens (including phenoxy) is 1. The summed E-state index contributed by atoms with van der Waals surface area (Å²) in [6.45, 7) is 0.328. The van der Waals surface area contributed by atoms with E-state index in [0.29, 0.717) is 24.3 Å². The quantitative estimate of drug-likeness (QED) is 0.858. The largest absolute Gasteiger partial charge is 0.481 e. The number of fused-ring (bicyclic) bond motifs is 1. The van der Waals surface area contributed by atoms with Crippen LogP contribution in [0.25, 0.3) is 0 Å². The van der Waals surface area contributed by atoms with Gasteiger partial charge < -0.3 is 15.2 Å². The van der Waals surface area contributed by atoms with Gasteiger partial charge in [-0.2, -0.15) is 0 Å². The molecule has 1 aromatic rings. The molecule has 25 heavy (non-hydrogen) atoms. The lowest BCUT2D eigenvalue weighted by Gasteiger charge is -2.36. The average Bonchev–Trinajstić information content (AvgIpc) is 2.59. The highest BCUT2D eigenvalue weighted by Gasteiger charge is 2.35. The third kappa shape index (κ3) is 4.18. The molecule has 0 atom stereocenters. The van der Waals surface area contributed by atoms with Crippen LogP contribution in [0, 0.1) is 11.2 Å². The van der Waals surface area contributed by atoms with Gasteiger partial charge in [0, 0.05) is 12.1 Å². The topological polar surface area (TPSA) is 75.6 Å². The molecule has 6 heteroatoms. The summed E-state index contributed by atoms with van der Waals surface area (Å²) in [5.41, 5.74) is 0.321. The highest BCUT2D eigenvalue weighted by Crippen LogP contribution is 2.39. The predicted molar refractivity (Wildman–Crippen MR) is 89.6 cm³/mol. The smallest absolute Gasteiger partial charge is 0.303 e. The van der Waals surface area contributed by atoms with Gasteiger partial charge in [0.05, 0.1) is 6.42 Å². The zero-order chi connectivity index (χ0) is 17.9. The summed E-state index contributed by atoms with van der Waals surface area (Å²) in [7, 11) is 0. The number of rotatable bonds is 5. The van der Waals surface area contributed by atoms with Gasteiger partial charge in [-0.3, -0.25) is 9.59 Å². The van der Waals surface area contributed by atoms with Crippen LogP contribution in [-0.4, -0.2) is 23.5 Å². The van der Waals surface area contributed by atoms with Gasteiger partial charge in [-0.1, -0.05) is 19.3 Å². The second-order valence-electron chi connectivity index (χ2n) is 6.94. The molecule has 0 spiro atoms. The van der Waals surface area contributed by atoms with Crippen LogP contribution < -0.4 is 10.1 Å². The van der Waals surface area contributed by atoms with Crippen LogP contribution in [0.15, 0.2) is 30.0 Å². The number of hydrogen-bond acceptors (Lipinski definition) is 3. The Morgan fingerprint density at radius 2 is 2.00 bits per heavy atom. The van der Waals surface area contributed by atoms with Gasteiger partial charge in [0.15, 0.2) is 5.76 Å². The minimum atomic E-state index is -0.833. The lowest BCUT2D eigenvalue weighted by molar-refractivity contribution is -0.140. The van der Waals surface area contributed by atoms with Crippen LogP contribution >= 0.6 is 0 Å². The first-order valence-corrected chi connectivity index (χ1v) is 8.64. The zero-order valence-electron chi connectivity index (χ0n) is 14.0. The van der Waals surface area contributed by atoms with Crippen LogP contribution in [-0.2, 0) is 16.0 Å². The number of aliphatic carboxylic acids is 1. The van der Waals surface area contributed by atoms with E-state index >= 15 is 0 Å². The Labute approximate surface area is 145 Å².